The van der Waals surface area contributed by atoms with Crippen LogP contribution in [-0.2, 0) is 14.2 Å². The Bertz CT molecular complexity index is 719. The molecule has 25 heavy (non-hydrogen) atoms. The normalized spacial score (nSPS) is 22.4. The highest BCUT2D eigenvalue weighted by Crippen LogP contribution is 2.22. The van der Waals surface area contributed by atoms with Gasteiger partial charge in [0.05, 0.1) is 17.7 Å². The van der Waals surface area contributed by atoms with Gasteiger partial charge < -0.3 is 14.2 Å². The number of hydrogen-bond donors (Lipinski definition) is 0. The zero-order valence-electron chi connectivity index (χ0n) is 13.3. The first kappa shape index (κ1) is 17.1. The lowest BCUT2D eigenvalue weighted by Gasteiger charge is -2.16. The fourth-order valence-corrected chi connectivity index (χ4v) is 2.48. The van der Waals surface area contributed by atoms with Crippen LogP contribution < -0.4 is 0 Å². The summed E-state index contributed by atoms with van der Waals surface area (Å²) >= 11 is 0. The fraction of sp³-hybridized carbons (Fsp3) is 0.263. The first-order valence-electron chi connectivity index (χ1n) is 7.89. The summed E-state index contributed by atoms with van der Waals surface area (Å²) in [5.41, 5.74) is 0.719. The molecule has 1 aliphatic rings. The summed E-state index contributed by atoms with van der Waals surface area (Å²) in [6.45, 7) is -0.318. The summed E-state index contributed by atoms with van der Waals surface area (Å²) in [6.07, 6.45) is -3.54. The summed E-state index contributed by atoms with van der Waals surface area (Å²) in [5.74, 6) is -1.17. The molecule has 0 radical (unpaired) electrons. The molecule has 1 aliphatic heterocycles. The molecule has 6 heteroatoms. The second-order valence-corrected chi connectivity index (χ2v) is 5.59. The predicted octanol–water partition coefficient (Wildman–Crippen LogP) is 2.81. The van der Waals surface area contributed by atoms with Gasteiger partial charge in [-0.05, 0) is 24.3 Å². The van der Waals surface area contributed by atoms with Crippen LogP contribution in [0.3, 0.4) is 0 Å². The Morgan fingerprint density at radius 3 is 2.12 bits per heavy atom. The number of rotatable bonds is 5. The maximum atomic E-state index is 14.4. The molecule has 1 saturated heterocycles. The molecule has 0 bridgehead atoms. The first-order valence-corrected chi connectivity index (χ1v) is 7.89. The minimum absolute atomic E-state index is 0.0761. The predicted molar refractivity (Wildman–Crippen MR) is 87.0 cm³/mol. The number of esters is 2. The van der Waals surface area contributed by atoms with Crippen LogP contribution in [0.5, 0.6) is 0 Å². The Kier molecular flexibility index (Phi) is 5.40. The Labute approximate surface area is 144 Å². The summed E-state index contributed by atoms with van der Waals surface area (Å²) in [5, 5.41) is 0. The van der Waals surface area contributed by atoms with Gasteiger partial charge in [0.25, 0.3) is 0 Å². The van der Waals surface area contributed by atoms with Crippen LogP contribution in [-0.4, -0.2) is 43.5 Å². The lowest BCUT2D eigenvalue weighted by atomic mass is 10.1. The molecule has 0 N–H and O–H groups in total. The van der Waals surface area contributed by atoms with Crippen LogP contribution in [0.25, 0.3) is 0 Å². The lowest BCUT2D eigenvalue weighted by molar-refractivity contribution is 0.000139. The van der Waals surface area contributed by atoms with E-state index >= 15 is 0 Å². The highest BCUT2D eigenvalue weighted by Gasteiger charge is 2.41. The van der Waals surface area contributed by atoms with E-state index in [1.54, 1.807) is 60.7 Å². The molecule has 0 saturated carbocycles. The van der Waals surface area contributed by atoms with Crippen molar-refractivity contribution < 1.29 is 28.2 Å². The molecule has 1 heterocycles. The Morgan fingerprint density at radius 1 is 0.960 bits per heavy atom. The molecule has 2 aromatic rings. The molecular formula is C19H17FO5. The standard InChI is InChI=1S/C19H17FO5/c20-17-15(11-24-18(21)13-7-3-1-4-8-13)23-12-16(17)25-19(22)14-9-5-2-6-10-14/h1-10,15-17H,11-12H2/t15-,16-,17-/m1/s1. The maximum Gasteiger partial charge on any atom is 0.338 e. The second-order valence-electron chi connectivity index (χ2n) is 5.59. The quantitative estimate of drug-likeness (QED) is 0.781. The van der Waals surface area contributed by atoms with Crippen LogP contribution in [0.15, 0.2) is 60.7 Å². The van der Waals surface area contributed by atoms with E-state index < -0.39 is 30.3 Å². The minimum Gasteiger partial charge on any atom is -0.459 e. The summed E-state index contributed by atoms with van der Waals surface area (Å²) < 4.78 is 29.9. The van der Waals surface area contributed by atoms with E-state index in [-0.39, 0.29) is 13.2 Å². The fourth-order valence-electron chi connectivity index (χ4n) is 2.48. The van der Waals surface area contributed by atoms with Gasteiger partial charge in [-0.2, -0.15) is 0 Å². The third kappa shape index (κ3) is 4.22. The molecule has 0 unspecified atom stereocenters. The average molecular weight is 344 g/mol. The summed E-state index contributed by atoms with van der Waals surface area (Å²) in [4.78, 5) is 23.8. The van der Waals surface area contributed by atoms with Crippen molar-refractivity contribution in [2.75, 3.05) is 13.2 Å². The Hall–Kier alpha value is -2.73. The number of carbonyl (C=O) groups is 2. The minimum atomic E-state index is -1.56. The van der Waals surface area contributed by atoms with Gasteiger partial charge in [0.2, 0.25) is 0 Å². The van der Waals surface area contributed by atoms with Gasteiger partial charge in [-0.15, -0.1) is 0 Å². The zero-order valence-corrected chi connectivity index (χ0v) is 13.3. The van der Waals surface area contributed by atoms with Crippen LogP contribution in [0.2, 0.25) is 0 Å². The third-order valence-corrected chi connectivity index (χ3v) is 3.84. The molecule has 130 valence electrons. The summed E-state index contributed by atoms with van der Waals surface area (Å²) in [6, 6.07) is 16.7. The molecule has 0 spiro atoms. The number of carbonyl (C=O) groups excluding carboxylic acids is 2. The van der Waals surface area contributed by atoms with Crippen molar-refractivity contribution in [3.05, 3.63) is 71.8 Å². The highest BCUT2D eigenvalue weighted by molar-refractivity contribution is 5.89. The topological polar surface area (TPSA) is 61.8 Å². The van der Waals surface area contributed by atoms with Gasteiger partial charge in [0.15, 0.2) is 12.3 Å². The van der Waals surface area contributed by atoms with Crippen LogP contribution >= 0.6 is 0 Å². The average Bonchev–Trinajstić information content (AvgIpc) is 3.01. The zero-order chi connectivity index (χ0) is 17.6. The van der Waals surface area contributed by atoms with E-state index in [4.69, 9.17) is 14.2 Å². The monoisotopic (exact) mass is 344 g/mol. The van der Waals surface area contributed by atoms with E-state index in [0.717, 1.165) is 0 Å². The van der Waals surface area contributed by atoms with Crippen molar-refractivity contribution in [3.63, 3.8) is 0 Å². The van der Waals surface area contributed by atoms with Gasteiger partial charge in [-0.25, -0.2) is 14.0 Å². The molecule has 0 aliphatic carbocycles. The van der Waals surface area contributed by atoms with Gasteiger partial charge in [-0.3, -0.25) is 0 Å². The number of hydrogen-bond acceptors (Lipinski definition) is 5. The summed E-state index contributed by atoms with van der Waals surface area (Å²) in [7, 11) is 0. The Morgan fingerprint density at radius 2 is 1.52 bits per heavy atom. The molecule has 1 fully saturated rings. The molecular weight excluding hydrogens is 327 g/mol. The molecule has 3 rings (SSSR count). The number of benzene rings is 2. The van der Waals surface area contributed by atoms with Crippen molar-refractivity contribution in [2.24, 2.45) is 0 Å². The molecule has 5 nitrogen and oxygen atoms in total. The third-order valence-electron chi connectivity index (χ3n) is 3.84. The van der Waals surface area contributed by atoms with Crippen LogP contribution in [0.4, 0.5) is 4.39 Å². The van der Waals surface area contributed by atoms with E-state index in [9.17, 15) is 14.0 Å². The van der Waals surface area contributed by atoms with Crippen LogP contribution in [0.1, 0.15) is 20.7 Å². The van der Waals surface area contributed by atoms with E-state index in [2.05, 4.69) is 0 Å². The smallest absolute Gasteiger partial charge is 0.338 e. The number of alkyl halides is 1. The molecule has 0 amide bonds. The van der Waals surface area contributed by atoms with Crippen molar-refractivity contribution in [1.82, 2.24) is 0 Å². The molecule has 2 aromatic carbocycles. The SMILES string of the molecule is O=C(OC[C@H]1OC[C@@H](OC(=O)c2ccccc2)[C@@H]1F)c1ccccc1. The second kappa shape index (κ2) is 7.90. The van der Waals surface area contributed by atoms with Crippen molar-refractivity contribution in [1.29, 1.82) is 0 Å². The van der Waals surface area contributed by atoms with Gasteiger partial charge in [-0.1, -0.05) is 36.4 Å². The van der Waals surface area contributed by atoms with E-state index in [0.29, 0.717) is 11.1 Å². The number of halogens is 1. The maximum absolute atomic E-state index is 14.4. The highest BCUT2D eigenvalue weighted by atomic mass is 19.1. The van der Waals surface area contributed by atoms with Crippen molar-refractivity contribution in [3.8, 4) is 0 Å². The van der Waals surface area contributed by atoms with Gasteiger partial charge >= 0.3 is 11.9 Å². The molecule has 0 aromatic heterocycles. The first-order chi connectivity index (χ1) is 12.1. The van der Waals surface area contributed by atoms with Crippen molar-refractivity contribution >= 4 is 11.9 Å². The number of ether oxygens (including phenoxy) is 3. The van der Waals surface area contributed by atoms with E-state index in [1.807, 2.05) is 0 Å². The molecule has 3 atom stereocenters. The largest absolute Gasteiger partial charge is 0.459 e. The lowest BCUT2D eigenvalue weighted by Crippen LogP contribution is -2.33. The Balaban J connectivity index is 1.51. The van der Waals surface area contributed by atoms with Gasteiger partial charge in [0.1, 0.15) is 12.7 Å². The van der Waals surface area contributed by atoms with Gasteiger partial charge in [0, 0.05) is 0 Å². The van der Waals surface area contributed by atoms with E-state index in [1.165, 1.54) is 0 Å². The van der Waals surface area contributed by atoms with Crippen LogP contribution in [0, 0.1) is 0 Å². The van der Waals surface area contributed by atoms with Crippen molar-refractivity contribution in [2.45, 2.75) is 18.4 Å².